The molecule has 2 N–H and O–H groups in total. The zero-order chi connectivity index (χ0) is 17.8. The van der Waals surface area contributed by atoms with Crippen molar-refractivity contribution in [1.82, 2.24) is 20.4 Å². The lowest BCUT2D eigenvalue weighted by atomic mass is 10.2. The van der Waals surface area contributed by atoms with Crippen molar-refractivity contribution in [2.45, 2.75) is 71.9 Å². The lowest BCUT2D eigenvalue weighted by Crippen LogP contribution is -2.41. The van der Waals surface area contributed by atoms with E-state index in [1.807, 2.05) is 7.05 Å². The van der Waals surface area contributed by atoms with E-state index in [9.17, 15) is 0 Å². The molecule has 6 heteroatoms. The number of unbranched alkanes of at least 4 members (excludes halogenated alkanes) is 1. The van der Waals surface area contributed by atoms with Gasteiger partial charge in [0.15, 0.2) is 5.96 Å². The Labute approximate surface area is 173 Å². The monoisotopic (exact) mass is 467 g/mol. The van der Waals surface area contributed by atoms with Gasteiger partial charge in [-0.1, -0.05) is 0 Å². The van der Waals surface area contributed by atoms with E-state index in [1.54, 1.807) is 0 Å². The van der Waals surface area contributed by atoms with Crippen LogP contribution in [0.25, 0.3) is 0 Å². The number of nitrogens with one attached hydrogen (secondary N) is 2. The quantitative estimate of drug-likeness (QED) is 0.212. The highest BCUT2D eigenvalue weighted by molar-refractivity contribution is 14.0. The van der Waals surface area contributed by atoms with Crippen LogP contribution in [0.5, 0.6) is 0 Å². The van der Waals surface area contributed by atoms with E-state index in [4.69, 9.17) is 0 Å². The van der Waals surface area contributed by atoms with Gasteiger partial charge in [0.25, 0.3) is 0 Å². The molecule has 0 aromatic rings. The molecule has 0 atom stereocenters. The summed E-state index contributed by atoms with van der Waals surface area (Å²) in [7, 11) is 1.86. The normalized spacial score (nSPS) is 15.9. The smallest absolute Gasteiger partial charge is 0.190 e. The molecule has 1 fully saturated rings. The van der Waals surface area contributed by atoms with E-state index in [1.165, 1.54) is 45.3 Å². The maximum Gasteiger partial charge on any atom is 0.190 e. The molecule has 1 rings (SSSR count). The molecule has 0 amide bonds. The number of hydrogen-bond acceptors (Lipinski definition) is 3. The number of halogens is 1. The Morgan fingerprint density at radius 2 is 1.52 bits per heavy atom. The van der Waals surface area contributed by atoms with Crippen LogP contribution >= 0.6 is 24.0 Å². The van der Waals surface area contributed by atoms with Crippen LogP contribution in [0, 0.1) is 0 Å². The summed E-state index contributed by atoms with van der Waals surface area (Å²) in [6.07, 6.45) is 6.42. The van der Waals surface area contributed by atoms with Crippen LogP contribution in [-0.4, -0.2) is 74.2 Å². The van der Waals surface area contributed by atoms with Gasteiger partial charge < -0.3 is 15.5 Å². The van der Waals surface area contributed by atoms with Gasteiger partial charge in [-0.05, 0) is 79.4 Å². The van der Waals surface area contributed by atoms with Crippen molar-refractivity contribution >= 4 is 29.9 Å². The largest absolute Gasteiger partial charge is 0.356 e. The lowest BCUT2D eigenvalue weighted by molar-refractivity contribution is 0.173. The van der Waals surface area contributed by atoms with Crippen molar-refractivity contribution < 1.29 is 0 Å². The predicted octanol–water partition coefficient (Wildman–Crippen LogP) is 3.15. The molecular formula is C19H42IN5. The Morgan fingerprint density at radius 1 is 0.960 bits per heavy atom. The number of hydrogen-bond donors (Lipinski definition) is 2. The molecule has 1 aliphatic heterocycles. The molecule has 5 nitrogen and oxygen atoms in total. The summed E-state index contributed by atoms with van der Waals surface area (Å²) in [5.41, 5.74) is 0. The zero-order valence-corrected chi connectivity index (χ0v) is 19.5. The summed E-state index contributed by atoms with van der Waals surface area (Å²) in [5.74, 6) is 0.941. The average Bonchev–Trinajstić information content (AvgIpc) is 3.04. The average molecular weight is 467 g/mol. The Hall–Kier alpha value is -0.0800. The second-order valence-corrected chi connectivity index (χ2v) is 7.46. The fraction of sp³-hybridized carbons (Fsp3) is 0.947. The van der Waals surface area contributed by atoms with Gasteiger partial charge in [0.05, 0.1) is 0 Å². The van der Waals surface area contributed by atoms with Crippen LogP contribution in [-0.2, 0) is 0 Å². The molecule has 0 saturated carbocycles. The van der Waals surface area contributed by atoms with Crippen molar-refractivity contribution in [3.05, 3.63) is 0 Å². The minimum Gasteiger partial charge on any atom is -0.356 e. The molecule has 0 aliphatic carbocycles. The molecule has 1 aliphatic rings. The van der Waals surface area contributed by atoms with Gasteiger partial charge >= 0.3 is 0 Å². The number of nitrogens with zero attached hydrogens (tertiary/aromatic N) is 3. The fourth-order valence-electron chi connectivity index (χ4n) is 3.48. The van der Waals surface area contributed by atoms with Crippen molar-refractivity contribution in [2.75, 3.05) is 46.3 Å². The van der Waals surface area contributed by atoms with Crippen LogP contribution in [0.3, 0.4) is 0 Å². The first-order valence-electron chi connectivity index (χ1n) is 9.97. The molecule has 0 unspecified atom stereocenters. The fourth-order valence-corrected chi connectivity index (χ4v) is 3.48. The SMILES string of the molecule is CN=C(NCCCCN1CCCC1)NCCCN(C(C)C)C(C)C.I. The summed E-state index contributed by atoms with van der Waals surface area (Å²) >= 11 is 0. The summed E-state index contributed by atoms with van der Waals surface area (Å²) in [4.78, 5) is 9.44. The van der Waals surface area contributed by atoms with E-state index in [0.717, 1.165) is 32.0 Å². The van der Waals surface area contributed by atoms with E-state index < -0.39 is 0 Å². The highest BCUT2D eigenvalue weighted by atomic mass is 127. The third-order valence-electron chi connectivity index (χ3n) is 4.83. The van der Waals surface area contributed by atoms with Crippen LogP contribution in [0.4, 0.5) is 0 Å². The minimum atomic E-state index is 0. The van der Waals surface area contributed by atoms with Crippen LogP contribution in [0.2, 0.25) is 0 Å². The zero-order valence-electron chi connectivity index (χ0n) is 17.2. The third kappa shape index (κ3) is 11.3. The maximum absolute atomic E-state index is 4.32. The molecule has 0 spiro atoms. The van der Waals surface area contributed by atoms with Crippen LogP contribution in [0.1, 0.15) is 59.8 Å². The van der Waals surface area contributed by atoms with E-state index in [-0.39, 0.29) is 24.0 Å². The first kappa shape index (κ1) is 24.9. The molecule has 0 aromatic carbocycles. The molecule has 0 bridgehead atoms. The molecule has 0 aromatic heterocycles. The number of likely N-dealkylation sites (tertiary alicyclic amines) is 1. The molecule has 1 heterocycles. The number of rotatable bonds is 11. The predicted molar refractivity (Wildman–Crippen MR) is 121 cm³/mol. The number of guanidine groups is 1. The number of aliphatic imine (C=N–C) groups is 1. The van der Waals surface area contributed by atoms with Crippen LogP contribution in [0.15, 0.2) is 4.99 Å². The Balaban J connectivity index is 0.00000576. The topological polar surface area (TPSA) is 42.9 Å². The van der Waals surface area contributed by atoms with Crippen molar-refractivity contribution in [1.29, 1.82) is 0 Å². The van der Waals surface area contributed by atoms with Crippen molar-refractivity contribution in [2.24, 2.45) is 4.99 Å². The van der Waals surface area contributed by atoms with Crippen molar-refractivity contribution in [3.8, 4) is 0 Å². The Morgan fingerprint density at radius 3 is 2.04 bits per heavy atom. The Bertz CT molecular complexity index is 333. The van der Waals surface area contributed by atoms with Gasteiger partial charge in [0.1, 0.15) is 0 Å². The highest BCUT2D eigenvalue weighted by Gasteiger charge is 2.12. The minimum absolute atomic E-state index is 0. The molecule has 25 heavy (non-hydrogen) atoms. The van der Waals surface area contributed by atoms with Gasteiger partial charge in [-0.2, -0.15) is 0 Å². The maximum atomic E-state index is 4.32. The first-order chi connectivity index (χ1) is 11.5. The van der Waals surface area contributed by atoms with E-state index >= 15 is 0 Å². The Kier molecular flexibility index (Phi) is 15.0. The summed E-state index contributed by atoms with van der Waals surface area (Å²) in [5, 5.41) is 6.87. The van der Waals surface area contributed by atoms with Gasteiger partial charge in [0, 0.05) is 38.8 Å². The molecule has 1 saturated heterocycles. The second kappa shape index (κ2) is 15.0. The van der Waals surface area contributed by atoms with Gasteiger partial charge in [0.2, 0.25) is 0 Å². The molecule has 0 radical (unpaired) electrons. The lowest BCUT2D eigenvalue weighted by Gasteiger charge is -2.30. The third-order valence-corrected chi connectivity index (χ3v) is 4.83. The summed E-state index contributed by atoms with van der Waals surface area (Å²) < 4.78 is 0. The molecule has 150 valence electrons. The highest BCUT2D eigenvalue weighted by Crippen LogP contribution is 2.08. The van der Waals surface area contributed by atoms with E-state index in [2.05, 4.69) is 53.1 Å². The molecular weight excluding hydrogens is 425 g/mol. The van der Waals surface area contributed by atoms with Crippen molar-refractivity contribution in [3.63, 3.8) is 0 Å². The summed E-state index contributed by atoms with van der Waals surface area (Å²) in [6.45, 7) is 16.1. The second-order valence-electron chi connectivity index (χ2n) is 7.46. The van der Waals surface area contributed by atoms with Crippen LogP contribution < -0.4 is 10.6 Å². The summed E-state index contributed by atoms with van der Waals surface area (Å²) in [6, 6.07) is 1.22. The van der Waals surface area contributed by atoms with E-state index in [0.29, 0.717) is 12.1 Å². The van der Waals surface area contributed by atoms with Gasteiger partial charge in [-0.15, -0.1) is 24.0 Å². The standard InChI is InChI=1S/C19H41N5.HI/c1-17(2)24(18(3)4)16-10-12-22-19(20-5)21-11-6-7-13-23-14-8-9-15-23;/h17-18H,6-16H2,1-5H3,(H2,20,21,22);1H. The van der Waals surface area contributed by atoms with Gasteiger partial charge in [-0.3, -0.25) is 9.89 Å². The van der Waals surface area contributed by atoms with Gasteiger partial charge in [-0.25, -0.2) is 0 Å². The first-order valence-corrected chi connectivity index (χ1v) is 9.97.